The summed E-state index contributed by atoms with van der Waals surface area (Å²) in [5.74, 6) is 2.15. The normalized spacial score (nSPS) is 20.7. The van der Waals surface area contributed by atoms with Crippen molar-refractivity contribution in [3.05, 3.63) is 11.9 Å². The van der Waals surface area contributed by atoms with E-state index < -0.39 is 0 Å². The van der Waals surface area contributed by atoms with Crippen molar-refractivity contribution < 1.29 is 0 Å². The van der Waals surface area contributed by atoms with Crippen LogP contribution >= 0.6 is 0 Å². The highest BCUT2D eigenvalue weighted by Crippen LogP contribution is 2.33. The van der Waals surface area contributed by atoms with Gasteiger partial charge in [-0.1, -0.05) is 32.1 Å². The zero-order valence-corrected chi connectivity index (χ0v) is 12.2. The van der Waals surface area contributed by atoms with Gasteiger partial charge in [-0.2, -0.15) is 0 Å². The molecule has 1 N–H and O–H groups in total. The van der Waals surface area contributed by atoms with E-state index in [1.165, 1.54) is 57.8 Å². The molecule has 19 heavy (non-hydrogen) atoms. The average molecular weight is 261 g/mol. The standard InChI is InChI=1S/C16H27N3/c1-13-12-19(15-7-3-2-4-8-15)16(18-13)17-11-5-6-14-9-10-14/h12,14-15H,2-11H2,1H3,(H,17,18). The van der Waals surface area contributed by atoms with Crippen LogP contribution in [0.4, 0.5) is 5.95 Å². The molecule has 0 atom stereocenters. The molecule has 106 valence electrons. The van der Waals surface area contributed by atoms with E-state index in [0.717, 1.165) is 24.1 Å². The molecule has 0 saturated heterocycles. The lowest BCUT2D eigenvalue weighted by Crippen LogP contribution is -2.16. The van der Waals surface area contributed by atoms with Gasteiger partial charge >= 0.3 is 0 Å². The first kappa shape index (κ1) is 13.0. The topological polar surface area (TPSA) is 29.9 Å². The van der Waals surface area contributed by atoms with Crippen molar-refractivity contribution in [2.75, 3.05) is 11.9 Å². The minimum Gasteiger partial charge on any atom is -0.356 e. The quantitative estimate of drug-likeness (QED) is 0.774. The second kappa shape index (κ2) is 5.98. The first-order chi connectivity index (χ1) is 9.33. The van der Waals surface area contributed by atoms with Crippen LogP contribution in [0.2, 0.25) is 0 Å². The Bertz CT molecular complexity index is 400. The van der Waals surface area contributed by atoms with Crippen LogP contribution in [0.25, 0.3) is 0 Å². The molecule has 3 nitrogen and oxygen atoms in total. The predicted molar refractivity (Wildman–Crippen MR) is 79.5 cm³/mol. The molecular formula is C16H27N3. The lowest BCUT2D eigenvalue weighted by Gasteiger charge is -2.24. The number of aromatic nitrogens is 2. The molecule has 0 radical (unpaired) electrons. The number of imidazole rings is 1. The van der Waals surface area contributed by atoms with Gasteiger partial charge in [0, 0.05) is 18.8 Å². The first-order valence-corrected chi connectivity index (χ1v) is 8.12. The third-order valence-electron chi connectivity index (χ3n) is 4.59. The molecule has 0 aromatic carbocycles. The van der Waals surface area contributed by atoms with Crippen LogP contribution in [-0.2, 0) is 0 Å². The van der Waals surface area contributed by atoms with Crippen LogP contribution in [0.3, 0.4) is 0 Å². The van der Waals surface area contributed by atoms with Gasteiger partial charge in [0.25, 0.3) is 0 Å². The van der Waals surface area contributed by atoms with Crippen molar-refractivity contribution in [2.45, 2.75) is 70.8 Å². The van der Waals surface area contributed by atoms with E-state index in [1.54, 1.807) is 0 Å². The fourth-order valence-corrected chi connectivity index (χ4v) is 3.28. The Hall–Kier alpha value is -0.990. The fraction of sp³-hybridized carbons (Fsp3) is 0.812. The Balaban J connectivity index is 1.55. The summed E-state index contributed by atoms with van der Waals surface area (Å²) in [4.78, 5) is 4.67. The van der Waals surface area contributed by atoms with Crippen molar-refractivity contribution >= 4 is 5.95 Å². The maximum atomic E-state index is 4.67. The van der Waals surface area contributed by atoms with Gasteiger partial charge in [0.1, 0.15) is 0 Å². The molecule has 2 aliphatic rings. The van der Waals surface area contributed by atoms with E-state index in [1.807, 2.05) is 0 Å². The van der Waals surface area contributed by atoms with Crippen LogP contribution < -0.4 is 5.32 Å². The Kier molecular flexibility index (Phi) is 4.09. The molecule has 1 aromatic rings. The molecule has 0 spiro atoms. The van der Waals surface area contributed by atoms with E-state index in [9.17, 15) is 0 Å². The van der Waals surface area contributed by atoms with Crippen molar-refractivity contribution in [3.63, 3.8) is 0 Å². The third kappa shape index (κ3) is 3.52. The minimum atomic E-state index is 0.681. The Morgan fingerprint density at radius 1 is 1.21 bits per heavy atom. The van der Waals surface area contributed by atoms with Crippen molar-refractivity contribution in [1.82, 2.24) is 9.55 Å². The first-order valence-electron chi connectivity index (χ1n) is 8.12. The van der Waals surface area contributed by atoms with Crippen molar-refractivity contribution in [3.8, 4) is 0 Å². The maximum Gasteiger partial charge on any atom is 0.203 e. The van der Waals surface area contributed by atoms with Crippen molar-refractivity contribution in [2.24, 2.45) is 5.92 Å². The van der Waals surface area contributed by atoms with Crippen LogP contribution in [0, 0.1) is 12.8 Å². The van der Waals surface area contributed by atoms with Crippen LogP contribution in [0.1, 0.15) is 69.5 Å². The van der Waals surface area contributed by atoms with E-state index in [4.69, 9.17) is 0 Å². The smallest absolute Gasteiger partial charge is 0.203 e. The summed E-state index contributed by atoms with van der Waals surface area (Å²) in [5.41, 5.74) is 1.15. The van der Waals surface area contributed by atoms with Crippen LogP contribution in [0.15, 0.2) is 6.20 Å². The molecule has 1 aromatic heterocycles. The van der Waals surface area contributed by atoms with E-state index in [0.29, 0.717) is 6.04 Å². The fourth-order valence-electron chi connectivity index (χ4n) is 3.28. The number of nitrogens with zero attached hydrogens (tertiary/aromatic N) is 2. The zero-order valence-electron chi connectivity index (χ0n) is 12.2. The predicted octanol–water partition coefficient (Wildman–Crippen LogP) is 4.30. The van der Waals surface area contributed by atoms with Gasteiger partial charge in [0.05, 0.1) is 5.69 Å². The van der Waals surface area contributed by atoms with Gasteiger partial charge in [-0.15, -0.1) is 0 Å². The summed E-state index contributed by atoms with van der Waals surface area (Å²) in [5, 5.41) is 3.57. The molecule has 0 unspecified atom stereocenters. The van der Waals surface area contributed by atoms with Gasteiger partial charge in [-0.25, -0.2) is 4.98 Å². The van der Waals surface area contributed by atoms with Gasteiger partial charge in [0.15, 0.2) is 0 Å². The largest absolute Gasteiger partial charge is 0.356 e. The number of anilines is 1. The number of hydrogen-bond acceptors (Lipinski definition) is 2. The van der Waals surface area contributed by atoms with Crippen LogP contribution in [0.5, 0.6) is 0 Å². The second-order valence-corrected chi connectivity index (χ2v) is 6.42. The number of hydrogen-bond donors (Lipinski definition) is 1. The highest BCUT2D eigenvalue weighted by atomic mass is 15.2. The number of rotatable bonds is 6. The highest BCUT2D eigenvalue weighted by Gasteiger charge is 2.21. The molecule has 3 rings (SSSR count). The lowest BCUT2D eigenvalue weighted by molar-refractivity contribution is 0.355. The van der Waals surface area contributed by atoms with Gasteiger partial charge in [-0.05, 0) is 38.5 Å². The third-order valence-corrected chi connectivity index (χ3v) is 4.59. The molecular weight excluding hydrogens is 234 g/mol. The van der Waals surface area contributed by atoms with Gasteiger partial charge < -0.3 is 9.88 Å². The van der Waals surface area contributed by atoms with E-state index in [2.05, 4.69) is 28.0 Å². The van der Waals surface area contributed by atoms with Crippen molar-refractivity contribution in [1.29, 1.82) is 0 Å². The molecule has 1 heterocycles. The lowest BCUT2D eigenvalue weighted by atomic mass is 9.95. The Morgan fingerprint density at radius 3 is 2.74 bits per heavy atom. The molecule has 0 bridgehead atoms. The van der Waals surface area contributed by atoms with Crippen LogP contribution in [-0.4, -0.2) is 16.1 Å². The summed E-state index contributed by atoms with van der Waals surface area (Å²) in [6.45, 7) is 3.19. The Morgan fingerprint density at radius 2 is 2.00 bits per heavy atom. The average Bonchev–Trinajstić information content (AvgIpc) is 3.18. The summed E-state index contributed by atoms with van der Waals surface area (Å²) in [6, 6.07) is 0.681. The minimum absolute atomic E-state index is 0.681. The van der Waals surface area contributed by atoms with Gasteiger partial charge in [0.2, 0.25) is 5.95 Å². The summed E-state index contributed by atoms with van der Waals surface area (Å²) in [7, 11) is 0. The molecule has 2 fully saturated rings. The van der Waals surface area contributed by atoms with E-state index >= 15 is 0 Å². The highest BCUT2D eigenvalue weighted by molar-refractivity contribution is 5.29. The van der Waals surface area contributed by atoms with Gasteiger partial charge in [-0.3, -0.25) is 0 Å². The molecule has 0 aliphatic heterocycles. The summed E-state index contributed by atoms with van der Waals surface area (Å²) in [6.07, 6.45) is 14.7. The monoisotopic (exact) mass is 261 g/mol. The maximum absolute atomic E-state index is 4.67. The molecule has 3 heteroatoms. The zero-order chi connectivity index (χ0) is 13.1. The van der Waals surface area contributed by atoms with E-state index in [-0.39, 0.29) is 0 Å². The summed E-state index contributed by atoms with van der Waals surface area (Å²) < 4.78 is 2.41. The second-order valence-electron chi connectivity index (χ2n) is 6.42. The molecule has 2 aliphatic carbocycles. The number of nitrogens with one attached hydrogen (secondary N) is 1. The molecule has 2 saturated carbocycles. The Labute approximate surface area is 116 Å². The number of aryl methyl sites for hydroxylation is 1. The SMILES string of the molecule is Cc1cn(C2CCCCC2)c(NCCCC2CC2)n1. The molecule has 0 amide bonds. The summed E-state index contributed by atoms with van der Waals surface area (Å²) >= 11 is 0.